The number of carbonyl (C=O) groups is 1. The third kappa shape index (κ3) is 4.50. The first-order chi connectivity index (χ1) is 11.3. The number of hydrogen-bond acceptors (Lipinski definition) is 4. The average Bonchev–Trinajstić information content (AvgIpc) is 2.54. The summed E-state index contributed by atoms with van der Waals surface area (Å²) in [5, 5.41) is 6.55. The van der Waals surface area contributed by atoms with Gasteiger partial charge in [-0.15, -0.1) is 5.11 Å². The Morgan fingerprint density at radius 2 is 1.75 bits per heavy atom. The predicted octanol–water partition coefficient (Wildman–Crippen LogP) is 4.33. The molecule has 2 aromatic carbocycles. The minimum Gasteiger partial charge on any atom is -0.322 e. The molecule has 0 spiro atoms. The summed E-state index contributed by atoms with van der Waals surface area (Å²) in [6, 6.07) is 12.1. The molecule has 0 aliphatic rings. The van der Waals surface area contributed by atoms with Crippen LogP contribution >= 0.6 is 11.6 Å². The fourth-order valence-electron chi connectivity index (χ4n) is 1.63. The van der Waals surface area contributed by atoms with Gasteiger partial charge in [0.05, 0.1) is 9.92 Å². The van der Waals surface area contributed by atoms with Gasteiger partial charge in [0, 0.05) is 11.3 Å². The monoisotopic (exact) mass is 363 g/mol. The molecule has 6 nitrogen and oxygen atoms in total. The molecule has 0 unspecified atom stereocenters. The van der Waals surface area contributed by atoms with Gasteiger partial charge in [-0.2, -0.15) is 8.42 Å². The maximum absolute atomic E-state index is 12.2. The van der Waals surface area contributed by atoms with Crippen LogP contribution in [0.1, 0.15) is 6.92 Å². The Morgan fingerprint density at radius 1 is 1.12 bits per heavy atom. The van der Waals surface area contributed by atoms with Crippen LogP contribution in [0, 0.1) is 0 Å². The zero-order valence-corrected chi connectivity index (χ0v) is 14.3. The van der Waals surface area contributed by atoms with Crippen molar-refractivity contribution in [3.05, 3.63) is 65.7 Å². The van der Waals surface area contributed by atoms with E-state index in [1.165, 1.54) is 24.3 Å². The SMILES string of the molecule is C=C(C)C(=O)Nc1ccc(S(=O)(=O)N=Nc2ccccc2Cl)cc1. The van der Waals surface area contributed by atoms with Crippen LogP contribution < -0.4 is 5.32 Å². The minimum absolute atomic E-state index is 0.0494. The molecule has 0 aliphatic carbocycles. The van der Waals surface area contributed by atoms with Crippen molar-refractivity contribution in [2.75, 3.05) is 5.32 Å². The van der Waals surface area contributed by atoms with E-state index in [0.29, 0.717) is 16.3 Å². The Hall–Kier alpha value is -2.51. The number of sulfonamides is 1. The normalized spacial score (nSPS) is 11.4. The van der Waals surface area contributed by atoms with Gasteiger partial charge in [-0.1, -0.05) is 34.8 Å². The molecule has 24 heavy (non-hydrogen) atoms. The second kappa shape index (κ2) is 7.37. The van der Waals surface area contributed by atoms with Gasteiger partial charge in [0.25, 0.3) is 15.9 Å². The lowest BCUT2D eigenvalue weighted by Crippen LogP contribution is -2.11. The lowest BCUT2D eigenvalue weighted by Gasteiger charge is -2.05. The molecule has 0 bridgehead atoms. The number of amides is 1. The van der Waals surface area contributed by atoms with Gasteiger partial charge in [0.1, 0.15) is 5.69 Å². The second-order valence-corrected chi connectivity index (χ2v) is 6.86. The number of anilines is 1. The van der Waals surface area contributed by atoms with E-state index in [2.05, 4.69) is 21.5 Å². The summed E-state index contributed by atoms with van der Waals surface area (Å²) in [4.78, 5) is 11.5. The van der Waals surface area contributed by atoms with E-state index in [-0.39, 0.29) is 16.5 Å². The van der Waals surface area contributed by atoms with Crippen molar-refractivity contribution in [2.24, 2.45) is 9.63 Å². The van der Waals surface area contributed by atoms with E-state index in [0.717, 1.165) is 0 Å². The fraction of sp³-hybridized carbons (Fsp3) is 0.0625. The highest BCUT2D eigenvalue weighted by atomic mass is 35.5. The molecule has 2 rings (SSSR count). The number of nitrogens with one attached hydrogen (secondary N) is 1. The Labute approximate surface area is 144 Å². The summed E-state index contributed by atoms with van der Waals surface area (Å²) in [5.41, 5.74) is 1.05. The van der Waals surface area contributed by atoms with E-state index in [4.69, 9.17) is 11.6 Å². The molecule has 2 aromatic rings. The smallest absolute Gasteiger partial charge is 0.299 e. The molecule has 0 saturated heterocycles. The highest BCUT2D eigenvalue weighted by Gasteiger charge is 2.13. The molecule has 0 fully saturated rings. The topological polar surface area (TPSA) is 88.0 Å². The third-order valence-electron chi connectivity index (χ3n) is 2.91. The van der Waals surface area contributed by atoms with Crippen molar-refractivity contribution < 1.29 is 13.2 Å². The fourth-order valence-corrected chi connectivity index (χ4v) is 2.57. The van der Waals surface area contributed by atoms with Crippen molar-refractivity contribution in [1.82, 2.24) is 0 Å². The van der Waals surface area contributed by atoms with Gasteiger partial charge < -0.3 is 5.32 Å². The maximum atomic E-state index is 12.2. The number of halogens is 1. The number of carbonyl (C=O) groups excluding carboxylic acids is 1. The molecule has 8 heteroatoms. The van der Waals surface area contributed by atoms with Crippen LogP contribution in [0.15, 0.2) is 75.2 Å². The first kappa shape index (κ1) is 17.8. The lowest BCUT2D eigenvalue weighted by atomic mass is 10.3. The van der Waals surface area contributed by atoms with Crippen LogP contribution in [0.3, 0.4) is 0 Å². The van der Waals surface area contributed by atoms with Gasteiger partial charge in [0.2, 0.25) is 0 Å². The van der Waals surface area contributed by atoms with Crippen molar-refractivity contribution in [3.63, 3.8) is 0 Å². The van der Waals surface area contributed by atoms with Gasteiger partial charge in [-0.05, 0) is 43.3 Å². The van der Waals surface area contributed by atoms with E-state index in [9.17, 15) is 13.2 Å². The van der Waals surface area contributed by atoms with Crippen molar-refractivity contribution in [2.45, 2.75) is 11.8 Å². The zero-order chi connectivity index (χ0) is 17.7. The van der Waals surface area contributed by atoms with Crippen LogP contribution in [0.4, 0.5) is 11.4 Å². The lowest BCUT2D eigenvalue weighted by molar-refractivity contribution is -0.112. The Balaban J connectivity index is 2.19. The summed E-state index contributed by atoms with van der Waals surface area (Å²) >= 11 is 5.90. The standard InChI is InChI=1S/C16H14ClN3O3S/c1-11(2)16(21)18-12-7-9-13(10-8-12)24(22,23)20-19-15-6-4-3-5-14(15)17/h3-10H,1H2,2H3,(H,18,21). The van der Waals surface area contributed by atoms with Crippen LogP contribution in [0.2, 0.25) is 5.02 Å². The van der Waals surface area contributed by atoms with E-state index >= 15 is 0 Å². The van der Waals surface area contributed by atoms with Crippen LogP contribution in [-0.2, 0) is 14.8 Å². The van der Waals surface area contributed by atoms with Gasteiger partial charge in [0.15, 0.2) is 0 Å². The highest BCUT2D eigenvalue weighted by Crippen LogP contribution is 2.25. The third-order valence-corrected chi connectivity index (χ3v) is 4.39. The van der Waals surface area contributed by atoms with E-state index in [1.54, 1.807) is 31.2 Å². The van der Waals surface area contributed by atoms with Gasteiger partial charge in [-0.3, -0.25) is 4.79 Å². The first-order valence-corrected chi connectivity index (χ1v) is 8.61. The highest BCUT2D eigenvalue weighted by molar-refractivity contribution is 7.90. The Kier molecular flexibility index (Phi) is 5.48. The largest absolute Gasteiger partial charge is 0.322 e. The Morgan fingerprint density at radius 3 is 2.33 bits per heavy atom. The Bertz CT molecular complexity index is 906. The number of rotatable bonds is 5. The summed E-state index contributed by atoms with van der Waals surface area (Å²) in [6.45, 7) is 5.09. The first-order valence-electron chi connectivity index (χ1n) is 6.79. The number of benzene rings is 2. The summed E-state index contributed by atoms with van der Waals surface area (Å²) < 4.78 is 27.7. The number of hydrogen-bond donors (Lipinski definition) is 1. The molecule has 0 radical (unpaired) electrons. The van der Waals surface area contributed by atoms with Gasteiger partial charge >= 0.3 is 0 Å². The van der Waals surface area contributed by atoms with E-state index in [1.807, 2.05) is 0 Å². The molecule has 1 amide bonds. The summed E-state index contributed by atoms with van der Waals surface area (Å²) in [6.07, 6.45) is 0. The van der Waals surface area contributed by atoms with Crippen molar-refractivity contribution in [1.29, 1.82) is 0 Å². The zero-order valence-electron chi connectivity index (χ0n) is 12.7. The molecule has 0 aromatic heterocycles. The van der Waals surface area contributed by atoms with Crippen molar-refractivity contribution in [3.8, 4) is 0 Å². The molecule has 0 heterocycles. The summed E-state index contributed by atoms with van der Waals surface area (Å²) in [7, 11) is -3.97. The van der Waals surface area contributed by atoms with Crippen LogP contribution in [0.5, 0.6) is 0 Å². The minimum atomic E-state index is -3.97. The van der Waals surface area contributed by atoms with Crippen molar-refractivity contribution >= 4 is 38.9 Å². The molecular formula is C16H14ClN3O3S. The molecule has 124 valence electrons. The van der Waals surface area contributed by atoms with Crippen LogP contribution in [0.25, 0.3) is 0 Å². The predicted molar refractivity (Wildman–Crippen MR) is 93.0 cm³/mol. The molecule has 1 N–H and O–H groups in total. The van der Waals surface area contributed by atoms with Crippen LogP contribution in [-0.4, -0.2) is 14.3 Å². The number of nitrogens with zero attached hydrogens (tertiary/aromatic N) is 2. The molecule has 0 atom stereocenters. The average molecular weight is 364 g/mol. The molecular weight excluding hydrogens is 350 g/mol. The molecule has 0 saturated carbocycles. The quantitative estimate of drug-likeness (QED) is 0.633. The summed E-state index contributed by atoms with van der Waals surface area (Å²) in [5.74, 6) is -0.344. The van der Waals surface area contributed by atoms with E-state index < -0.39 is 10.0 Å². The molecule has 0 aliphatic heterocycles. The maximum Gasteiger partial charge on any atom is 0.299 e. The van der Waals surface area contributed by atoms with Gasteiger partial charge in [-0.25, -0.2) is 0 Å². The second-order valence-electron chi connectivity index (χ2n) is 4.87.